The fourth-order valence-corrected chi connectivity index (χ4v) is 4.44. The van der Waals surface area contributed by atoms with Crippen molar-refractivity contribution in [2.45, 2.75) is 31.1 Å². The number of hydrogen-bond donors (Lipinski definition) is 0. The monoisotopic (exact) mass is 408 g/mol. The Labute approximate surface area is 175 Å². The van der Waals surface area contributed by atoms with Crippen LogP contribution in [0.3, 0.4) is 0 Å². The summed E-state index contributed by atoms with van der Waals surface area (Å²) >= 11 is 0. The van der Waals surface area contributed by atoms with E-state index in [9.17, 15) is 9.59 Å². The molecule has 0 bridgehead atoms. The number of fused-ring (bicyclic) bond motifs is 1. The van der Waals surface area contributed by atoms with Gasteiger partial charge in [0.05, 0.1) is 6.04 Å². The SMILES string of the molecule is O=C1OC(c2ccccc2)C(=O)N1[C@H]1CCCN(C[C@H]2COc3ccccc3O2)C1. The van der Waals surface area contributed by atoms with Gasteiger partial charge in [0.1, 0.15) is 12.7 Å². The highest BCUT2D eigenvalue weighted by atomic mass is 16.6. The topological polar surface area (TPSA) is 68.3 Å². The second-order valence-electron chi connectivity index (χ2n) is 7.94. The number of hydrogen-bond acceptors (Lipinski definition) is 6. The first-order chi connectivity index (χ1) is 14.7. The van der Waals surface area contributed by atoms with E-state index in [1.54, 1.807) is 0 Å². The van der Waals surface area contributed by atoms with Crippen molar-refractivity contribution >= 4 is 12.0 Å². The third-order valence-electron chi connectivity index (χ3n) is 5.85. The van der Waals surface area contributed by atoms with E-state index in [2.05, 4.69) is 4.90 Å². The summed E-state index contributed by atoms with van der Waals surface area (Å²) < 4.78 is 17.3. The molecule has 3 heterocycles. The lowest BCUT2D eigenvalue weighted by Crippen LogP contribution is -2.52. The Bertz CT molecular complexity index is 934. The number of nitrogens with zero attached hydrogens (tertiary/aromatic N) is 2. The van der Waals surface area contributed by atoms with Gasteiger partial charge in [-0.2, -0.15) is 0 Å². The summed E-state index contributed by atoms with van der Waals surface area (Å²) in [6, 6.07) is 16.6. The summed E-state index contributed by atoms with van der Waals surface area (Å²) in [5.41, 5.74) is 0.706. The van der Waals surface area contributed by atoms with Crippen LogP contribution in [0.2, 0.25) is 0 Å². The minimum atomic E-state index is -0.847. The van der Waals surface area contributed by atoms with Crippen molar-refractivity contribution in [2.24, 2.45) is 0 Å². The fourth-order valence-electron chi connectivity index (χ4n) is 4.44. The van der Waals surface area contributed by atoms with Crippen LogP contribution in [0, 0.1) is 0 Å². The first-order valence-corrected chi connectivity index (χ1v) is 10.4. The van der Waals surface area contributed by atoms with Gasteiger partial charge in [-0.1, -0.05) is 42.5 Å². The van der Waals surface area contributed by atoms with E-state index in [0.717, 1.165) is 30.9 Å². The van der Waals surface area contributed by atoms with Crippen LogP contribution in [-0.4, -0.2) is 60.2 Å². The number of benzene rings is 2. The zero-order valence-electron chi connectivity index (χ0n) is 16.6. The Morgan fingerprint density at radius 2 is 1.70 bits per heavy atom. The first kappa shape index (κ1) is 18.9. The average Bonchev–Trinajstić information content (AvgIpc) is 3.08. The van der Waals surface area contributed by atoms with Crippen molar-refractivity contribution in [3.63, 3.8) is 0 Å². The lowest BCUT2D eigenvalue weighted by Gasteiger charge is -2.38. The molecule has 7 heteroatoms. The van der Waals surface area contributed by atoms with E-state index in [-0.39, 0.29) is 18.1 Å². The number of likely N-dealkylation sites (tertiary alicyclic amines) is 1. The average molecular weight is 408 g/mol. The molecule has 1 unspecified atom stereocenters. The molecule has 0 radical (unpaired) electrons. The second kappa shape index (κ2) is 7.99. The predicted molar refractivity (Wildman–Crippen MR) is 108 cm³/mol. The molecule has 0 saturated carbocycles. The number of rotatable bonds is 4. The molecule has 0 aromatic heterocycles. The van der Waals surface area contributed by atoms with Crippen LogP contribution < -0.4 is 9.47 Å². The first-order valence-electron chi connectivity index (χ1n) is 10.4. The molecule has 3 atom stereocenters. The van der Waals surface area contributed by atoms with Crippen molar-refractivity contribution < 1.29 is 23.8 Å². The molecule has 2 aromatic rings. The van der Waals surface area contributed by atoms with Gasteiger partial charge in [0.25, 0.3) is 5.91 Å². The Hall–Kier alpha value is -3.06. The van der Waals surface area contributed by atoms with Gasteiger partial charge in [0, 0.05) is 18.7 Å². The summed E-state index contributed by atoms with van der Waals surface area (Å²) in [5.74, 6) is 1.25. The van der Waals surface area contributed by atoms with Gasteiger partial charge in [0.15, 0.2) is 11.5 Å². The normalized spacial score (nSPS) is 26.5. The molecule has 3 aliphatic heterocycles. The molecular formula is C23H24N2O5. The molecule has 0 spiro atoms. The van der Waals surface area contributed by atoms with Gasteiger partial charge in [-0.15, -0.1) is 0 Å². The number of piperidine rings is 1. The van der Waals surface area contributed by atoms with Gasteiger partial charge < -0.3 is 14.2 Å². The van der Waals surface area contributed by atoms with E-state index >= 15 is 0 Å². The highest BCUT2D eigenvalue weighted by Crippen LogP contribution is 2.33. The molecule has 2 aromatic carbocycles. The zero-order valence-corrected chi connectivity index (χ0v) is 16.6. The van der Waals surface area contributed by atoms with Crippen LogP contribution in [0.25, 0.3) is 0 Å². The molecule has 0 N–H and O–H groups in total. The van der Waals surface area contributed by atoms with Crippen LogP contribution >= 0.6 is 0 Å². The third kappa shape index (κ3) is 3.61. The number of carbonyl (C=O) groups is 2. The standard InChI is InChI=1S/C23H24N2O5/c26-22-21(16-7-2-1-3-8-16)30-23(27)25(22)17-9-6-12-24(13-17)14-18-15-28-19-10-4-5-11-20(19)29-18/h1-5,7-8,10-11,17-18,21H,6,9,12-15H2/t17-,18-,21?/m0/s1. The fraction of sp³-hybridized carbons (Fsp3) is 0.391. The zero-order chi connectivity index (χ0) is 20.5. The van der Waals surface area contributed by atoms with Crippen LogP contribution in [-0.2, 0) is 9.53 Å². The van der Waals surface area contributed by atoms with Gasteiger partial charge in [0.2, 0.25) is 6.10 Å². The number of carbonyl (C=O) groups excluding carboxylic acids is 2. The molecule has 7 nitrogen and oxygen atoms in total. The van der Waals surface area contributed by atoms with Crippen LogP contribution in [0.4, 0.5) is 4.79 Å². The Morgan fingerprint density at radius 1 is 0.933 bits per heavy atom. The smallest absolute Gasteiger partial charge is 0.418 e. The number of para-hydroxylation sites is 2. The van der Waals surface area contributed by atoms with Crippen LogP contribution in [0.15, 0.2) is 54.6 Å². The van der Waals surface area contributed by atoms with Gasteiger partial charge >= 0.3 is 6.09 Å². The molecule has 5 rings (SSSR count). The maximum Gasteiger partial charge on any atom is 0.418 e. The minimum absolute atomic E-state index is 0.0862. The number of ether oxygens (including phenoxy) is 3. The number of imide groups is 1. The summed E-state index contributed by atoms with van der Waals surface area (Å²) in [6.07, 6.45) is 0.204. The van der Waals surface area contributed by atoms with Gasteiger partial charge in [-0.25, -0.2) is 9.69 Å². The van der Waals surface area contributed by atoms with Crippen LogP contribution in [0.5, 0.6) is 11.5 Å². The van der Waals surface area contributed by atoms with E-state index in [1.165, 1.54) is 4.90 Å². The number of cyclic esters (lactones) is 1. The van der Waals surface area contributed by atoms with Crippen LogP contribution in [0.1, 0.15) is 24.5 Å². The highest BCUT2D eigenvalue weighted by molar-refractivity contribution is 6.01. The molecule has 2 saturated heterocycles. The van der Waals surface area contributed by atoms with Gasteiger partial charge in [-0.3, -0.25) is 9.69 Å². The molecule has 2 fully saturated rings. The predicted octanol–water partition coefficient (Wildman–Crippen LogP) is 3.01. The Balaban J connectivity index is 1.23. The molecule has 156 valence electrons. The van der Waals surface area contributed by atoms with Crippen molar-refractivity contribution in [2.75, 3.05) is 26.2 Å². The molecule has 30 heavy (non-hydrogen) atoms. The van der Waals surface area contributed by atoms with Crippen molar-refractivity contribution in [3.8, 4) is 11.5 Å². The second-order valence-corrected chi connectivity index (χ2v) is 7.94. The maximum absolute atomic E-state index is 13.0. The highest BCUT2D eigenvalue weighted by Gasteiger charge is 2.46. The summed E-state index contributed by atoms with van der Waals surface area (Å²) in [4.78, 5) is 29.0. The Morgan fingerprint density at radius 3 is 2.53 bits per heavy atom. The van der Waals surface area contributed by atoms with Crippen molar-refractivity contribution in [1.29, 1.82) is 0 Å². The van der Waals surface area contributed by atoms with Crippen molar-refractivity contribution in [3.05, 3.63) is 60.2 Å². The molecule has 2 amide bonds. The van der Waals surface area contributed by atoms with E-state index in [4.69, 9.17) is 14.2 Å². The van der Waals surface area contributed by atoms with E-state index < -0.39 is 12.2 Å². The quantitative estimate of drug-likeness (QED) is 0.775. The Kier molecular flexibility index (Phi) is 5.04. The lowest BCUT2D eigenvalue weighted by molar-refractivity contribution is -0.132. The number of amides is 2. The molecule has 0 aliphatic carbocycles. The summed E-state index contributed by atoms with van der Waals surface area (Å²) in [7, 11) is 0. The summed E-state index contributed by atoms with van der Waals surface area (Å²) in [5, 5.41) is 0. The maximum atomic E-state index is 13.0. The largest absolute Gasteiger partial charge is 0.486 e. The van der Waals surface area contributed by atoms with Gasteiger partial charge in [-0.05, 0) is 31.5 Å². The van der Waals surface area contributed by atoms with Crippen molar-refractivity contribution in [1.82, 2.24) is 9.80 Å². The minimum Gasteiger partial charge on any atom is -0.486 e. The summed E-state index contributed by atoms with van der Waals surface area (Å²) in [6.45, 7) is 2.68. The molecular weight excluding hydrogens is 384 g/mol. The third-order valence-corrected chi connectivity index (χ3v) is 5.85. The lowest BCUT2D eigenvalue weighted by atomic mass is 10.0. The molecule has 3 aliphatic rings. The van der Waals surface area contributed by atoms with E-state index in [0.29, 0.717) is 25.3 Å². The van der Waals surface area contributed by atoms with E-state index in [1.807, 2.05) is 54.6 Å².